The number of nitrogens with zero attached hydrogens (tertiary/aromatic N) is 3. The number of sulfonamides is 1. The summed E-state index contributed by atoms with van der Waals surface area (Å²) in [6.07, 6.45) is 0.766. The number of ether oxygens (including phenoxy) is 1. The van der Waals surface area contributed by atoms with Crippen molar-refractivity contribution in [2.24, 2.45) is 16.8 Å². The highest BCUT2D eigenvalue weighted by atomic mass is 32.2. The average molecular weight is 679 g/mol. The predicted octanol–water partition coefficient (Wildman–Crippen LogP) is 5.24. The molecule has 1 saturated heterocycles. The monoisotopic (exact) mass is 678 g/mol. The normalized spacial score (nSPS) is 15.4. The molecule has 5 N–H and O–H groups in total. The average Bonchev–Trinajstić information content (AvgIpc) is 3.48. The van der Waals surface area contributed by atoms with Crippen LogP contribution in [-0.4, -0.2) is 60.0 Å². The molecule has 14 heteroatoms. The SMILES string of the molecule is CC(C)(C)OC(=O)N1CCC(C(=O)Nc2cccc(S(=O)(=O)NC(Cc3cccc(/C(N)=N\O)c3)c3nc4ccccc4s3)c2)CC1. The van der Waals surface area contributed by atoms with Crippen LogP contribution in [0.5, 0.6) is 0 Å². The predicted molar refractivity (Wildman–Crippen MR) is 181 cm³/mol. The molecule has 0 bridgehead atoms. The van der Waals surface area contributed by atoms with Gasteiger partial charge in [0.2, 0.25) is 15.9 Å². The van der Waals surface area contributed by atoms with Gasteiger partial charge in [0.25, 0.3) is 0 Å². The molecule has 1 atom stereocenters. The molecule has 1 aliphatic rings. The number of amidine groups is 1. The van der Waals surface area contributed by atoms with Gasteiger partial charge >= 0.3 is 6.09 Å². The maximum Gasteiger partial charge on any atom is 0.410 e. The maximum absolute atomic E-state index is 13.8. The minimum Gasteiger partial charge on any atom is -0.444 e. The lowest BCUT2D eigenvalue weighted by atomic mass is 9.96. The van der Waals surface area contributed by atoms with Crippen LogP contribution in [0, 0.1) is 5.92 Å². The van der Waals surface area contributed by atoms with Crippen molar-refractivity contribution >= 4 is 55.1 Å². The van der Waals surface area contributed by atoms with Crippen LogP contribution in [0.25, 0.3) is 10.2 Å². The highest BCUT2D eigenvalue weighted by molar-refractivity contribution is 7.89. The Hall–Kier alpha value is -4.53. The Labute approximate surface area is 277 Å². The topological polar surface area (TPSA) is 176 Å². The van der Waals surface area contributed by atoms with Gasteiger partial charge in [0.15, 0.2) is 5.84 Å². The summed E-state index contributed by atoms with van der Waals surface area (Å²) < 4.78 is 36.8. The molecule has 12 nitrogen and oxygen atoms in total. The smallest absolute Gasteiger partial charge is 0.410 e. The summed E-state index contributed by atoms with van der Waals surface area (Å²) in [6, 6.07) is 19.9. The summed E-state index contributed by atoms with van der Waals surface area (Å²) in [7, 11) is -4.09. The van der Waals surface area contributed by atoms with Gasteiger partial charge in [-0.15, -0.1) is 11.3 Å². The van der Waals surface area contributed by atoms with Gasteiger partial charge in [-0.3, -0.25) is 4.79 Å². The van der Waals surface area contributed by atoms with Gasteiger partial charge in [0, 0.05) is 30.3 Å². The van der Waals surface area contributed by atoms with Crippen molar-refractivity contribution in [1.82, 2.24) is 14.6 Å². The van der Waals surface area contributed by atoms with Crippen molar-refractivity contribution < 1.29 is 28.0 Å². The standard InChI is InChI=1S/C33H38N6O6S2/c1-33(2,3)45-32(41)39-16-14-22(15-17-39)30(40)35-24-10-7-11-25(20-24)47(43,44)38-27(31-36-26-12-4-5-13-28(26)46-31)19-21-8-6-9-23(18-21)29(34)37-42/h4-13,18,20,22,27,38,42H,14-17,19H2,1-3H3,(H2,34,37)(H,35,40). The zero-order chi connectivity index (χ0) is 33.8. The first-order valence-electron chi connectivity index (χ1n) is 15.1. The third kappa shape index (κ3) is 8.64. The molecule has 3 aromatic carbocycles. The van der Waals surface area contributed by atoms with Crippen molar-refractivity contribution in [3.05, 3.63) is 88.9 Å². The summed E-state index contributed by atoms with van der Waals surface area (Å²) >= 11 is 1.39. The van der Waals surface area contributed by atoms with Crippen molar-refractivity contribution in [2.45, 2.75) is 56.6 Å². The minimum absolute atomic E-state index is 0.0217. The maximum atomic E-state index is 13.8. The van der Waals surface area contributed by atoms with E-state index in [4.69, 9.17) is 20.7 Å². The number of hydrogen-bond acceptors (Lipinski definition) is 9. The number of fused-ring (bicyclic) bond motifs is 1. The molecule has 0 aliphatic carbocycles. The molecule has 248 valence electrons. The Bertz CT molecular complexity index is 1860. The second kappa shape index (κ2) is 14.1. The molecule has 1 aromatic heterocycles. The number of para-hydroxylation sites is 1. The number of nitrogens with two attached hydrogens (primary N) is 1. The zero-order valence-electron chi connectivity index (χ0n) is 26.3. The lowest BCUT2D eigenvalue weighted by Crippen LogP contribution is -2.43. The molecule has 2 heterocycles. The quantitative estimate of drug-likeness (QED) is 0.0804. The number of amides is 2. The molecule has 0 radical (unpaired) electrons. The van der Waals surface area contributed by atoms with Crippen LogP contribution in [0.4, 0.5) is 10.5 Å². The molecule has 2 amide bonds. The van der Waals surface area contributed by atoms with Crippen LogP contribution in [0.2, 0.25) is 0 Å². The van der Waals surface area contributed by atoms with E-state index < -0.39 is 27.8 Å². The summed E-state index contributed by atoms with van der Waals surface area (Å²) in [6.45, 7) is 6.20. The Morgan fingerprint density at radius 2 is 1.81 bits per heavy atom. The molecule has 47 heavy (non-hydrogen) atoms. The Kier molecular flexibility index (Phi) is 10.1. The van der Waals surface area contributed by atoms with Crippen LogP contribution in [0.3, 0.4) is 0 Å². The van der Waals surface area contributed by atoms with E-state index in [1.54, 1.807) is 56.0 Å². The van der Waals surface area contributed by atoms with E-state index in [0.29, 0.717) is 42.2 Å². The number of carbonyl (C=O) groups is 2. The fourth-order valence-electron chi connectivity index (χ4n) is 5.26. The second-order valence-corrected chi connectivity index (χ2v) is 15.1. The number of hydrogen-bond donors (Lipinski definition) is 4. The zero-order valence-corrected chi connectivity index (χ0v) is 28.0. The Balaban J connectivity index is 1.32. The Morgan fingerprint density at radius 3 is 2.51 bits per heavy atom. The molecule has 0 spiro atoms. The number of aromatic nitrogens is 1. The summed E-state index contributed by atoms with van der Waals surface area (Å²) in [4.78, 5) is 31.8. The van der Waals surface area contributed by atoms with Crippen LogP contribution in [0.15, 0.2) is 82.8 Å². The van der Waals surface area contributed by atoms with E-state index in [-0.39, 0.29) is 29.0 Å². The van der Waals surface area contributed by atoms with Gasteiger partial charge in [-0.2, -0.15) is 0 Å². The van der Waals surface area contributed by atoms with Gasteiger partial charge in [-0.05, 0) is 82.0 Å². The largest absolute Gasteiger partial charge is 0.444 e. The number of rotatable bonds is 9. The van der Waals surface area contributed by atoms with Gasteiger partial charge in [-0.1, -0.05) is 41.6 Å². The minimum atomic E-state index is -4.09. The number of oxime groups is 1. The first kappa shape index (κ1) is 33.8. The molecule has 5 rings (SSSR count). The van der Waals surface area contributed by atoms with Crippen molar-refractivity contribution in [1.29, 1.82) is 0 Å². The lowest BCUT2D eigenvalue weighted by Gasteiger charge is -2.32. The van der Waals surface area contributed by atoms with E-state index in [9.17, 15) is 18.0 Å². The molecular weight excluding hydrogens is 641 g/mol. The number of nitrogens with one attached hydrogen (secondary N) is 2. The molecule has 4 aromatic rings. The summed E-state index contributed by atoms with van der Waals surface area (Å²) in [5, 5.41) is 15.6. The van der Waals surface area contributed by atoms with Crippen molar-refractivity contribution in [2.75, 3.05) is 18.4 Å². The summed E-state index contributed by atoms with van der Waals surface area (Å²) in [5.74, 6) is -0.637. The van der Waals surface area contributed by atoms with Gasteiger partial charge in [0.05, 0.1) is 21.2 Å². The number of benzene rings is 3. The highest BCUT2D eigenvalue weighted by Gasteiger charge is 2.30. The van der Waals surface area contributed by atoms with Crippen LogP contribution in [0.1, 0.15) is 55.8 Å². The second-order valence-electron chi connectivity index (χ2n) is 12.3. The molecule has 1 fully saturated rings. The number of thiazole rings is 1. The van der Waals surface area contributed by atoms with Crippen LogP contribution >= 0.6 is 11.3 Å². The lowest BCUT2D eigenvalue weighted by molar-refractivity contribution is -0.121. The fourth-order valence-corrected chi connectivity index (χ4v) is 7.60. The number of anilines is 1. The van der Waals surface area contributed by atoms with Crippen LogP contribution in [-0.2, 0) is 26.0 Å². The third-order valence-corrected chi connectivity index (χ3v) is 10.2. The fraction of sp³-hybridized carbons (Fsp3) is 0.333. The van der Waals surface area contributed by atoms with Gasteiger partial charge < -0.3 is 25.9 Å². The Morgan fingerprint density at radius 1 is 1.09 bits per heavy atom. The van der Waals surface area contributed by atoms with Crippen molar-refractivity contribution in [3.63, 3.8) is 0 Å². The third-order valence-electron chi connectivity index (χ3n) is 7.61. The van der Waals surface area contributed by atoms with E-state index in [0.717, 1.165) is 15.8 Å². The van der Waals surface area contributed by atoms with E-state index in [1.807, 2.05) is 30.3 Å². The van der Waals surface area contributed by atoms with Crippen molar-refractivity contribution in [3.8, 4) is 0 Å². The molecule has 0 saturated carbocycles. The van der Waals surface area contributed by atoms with E-state index >= 15 is 0 Å². The number of likely N-dealkylation sites (tertiary alicyclic amines) is 1. The number of carbonyl (C=O) groups excluding carboxylic acids is 2. The summed E-state index contributed by atoms with van der Waals surface area (Å²) in [5.41, 5.74) is 7.53. The van der Waals surface area contributed by atoms with Gasteiger partial charge in [-0.25, -0.2) is 22.9 Å². The first-order chi connectivity index (χ1) is 22.3. The van der Waals surface area contributed by atoms with Crippen LogP contribution < -0.4 is 15.8 Å². The van der Waals surface area contributed by atoms with E-state index in [1.165, 1.54) is 23.5 Å². The molecular formula is C33H38N6O6S2. The van der Waals surface area contributed by atoms with E-state index in [2.05, 4.69) is 15.2 Å². The molecule has 1 aliphatic heterocycles. The van der Waals surface area contributed by atoms with Gasteiger partial charge in [0.1, 0.15) is 10.6 Å². The first-order valence-corrected chi connectivity index (χ1v) is 17.4. The number of piperidine rings is 1. The highest BCUT2D eigenvalue weighted by Crippen LogP contribution is 2.30. The molecule has 1 unspecified atom stereocenters.